The van der Waals surface area contributed by atoms with Gasteiger partial charge in [-0.1, -0.05) is 13.8 Å². The van der Waals surface area contributed by atoms with E-state index in [0.717, 1.165) is 50.0 Å². The van der Waals surface area contributed by atoms with Gasteiger partial charge in [-0.15, -0.1) is 0 Å². The number of nitrogens with zero attached hydrogens (tertiary/aromatic N) is 1. The highest BCUT2D eigenvalue weighted by Gasteiger charge is 2.62. The summed E-state index contributed by atoms with van der Waals surface area (Å²) < 4.78 is 5.81. The van der Waals surface area contributed by atoms with E-state index in [0.29, 0.717) is 11.7 Å². The molecule has 1 saturated heterocycles. The van der Waals surface area contributed by atoms with Crippen molar-refractivity contribution in [3.8, 4) is 0 Å². The van der Waals surface area contributed by atoms with E-state index >= 15 is 0 Å². The lowest BCUT2D eigenvalue weighted by atomic mass is 9.45. The zero-order chi connectivity index (χ0) is 20.8. The molecule has 2 heterocycles. The maximum Gasteiger partial charge on any atom is 0.302 e. The van der Waals surface area contributed by atoms with E-state index in [1.54, 1.807) is 6.92 Å². The lowest BCUT2D eigenvalue weighted by molar-refractivity contribution is -0.160. The van der Waals surface area contributed by atoms with Crippen molar-refractivity contribution in [2.75, 3.05) is 6.54 Å². The summed E-state index contributed by atoms with van der Waals surface area (Å²) >= 11 is 0. The maximum absolute atomic E-state index is 13.2. The Morgan fingerprint density at radius 2 is 1.83 bits per heavy atom. The van der Waals surface area contributed by atoms with Crippen molar-refractivity contribution in [1.82, 2.24) is 4.90 Å². The fourth-order valence-corrected chi connectivity index (χ4v) is 9.41. The Kier molecular flexibility index (Phi) is 4.10. The molecule has 4 fully saturated rings. The van der Waals surface area contributed by atoms with Crippen molar-refractivity contribution >= 4 is 11.8 Å². The van der Waals surface area contributed by atoms with E-state index in [2.05, 4.69) is 18.7 Å². The number of carbonyl (C=O) groups is 2. The van der Waals surface area contributed by atoms with Crippen LogP contribution >= 0.6 is 0 Å². The van der Waals surface area contributed by atoms with Crippen LogP contribution in [-0.2, 0) is 14.3 Å². The highest BCUT2D eigenvalue weighted by atomic mass is 16.5. The number of fused-ring (bicyclic) bond motifs is 7. The Balaban J connectivity index is 1.29. The molecule has 4 heteroatoms. The molecule has 4 aliphatic carbocycles. The Hall–Kier alpha value is -1.32. The molecular formula is C26H37NO3. The first kappa shape index (κ1) is 19.4. The number of hydrogen-bond donors (Lipinski definition) is 0. The number of ether oxygens (including phenoxy) is 1. The Labute approximate surface area is 180 Å². The van der Waals surface area contributed by atoms with Crippen LogP contribution in [-0.4, -0.2) is 35.3 Å². The molecule has 8 atom stereocenters. The highest BCUT2D eigenvalue weighted by Crippen LogP contribution is 2.67. The molecule has 0 aromatic carbocycles. The minimum atomic E-state index is -0.119. The normalized spacial score (nSPS) is 49.3. The molecule has 0 bridgehead atoms. The SMILES string of the molecule is CC(=O)O[C@H]1CC[C@H]2[C@@H]3CC[C@H]4CC5=C(C[C@]4(C)[C@H]3CC[C@]12C)C(=O)C1CCCN51. The van der Waals surface area contributed by atoms with Crippen LogP contribution in [0, 0.1) is 34.5 Å². The molecule has 30 heavy (non-hydrogen) atoms. The van der Waals surface area contributed by atoms with Crippen LogP contribution in [0.5, 0.6) is 0 Å². The van der Waals surface area contributed by atoms with Crippen molar-refractivity contribution in [3.63, 3.8) is 0 Å². The average molecular weight is 412 g/mol. The third kappa shape index (κ3) is 2.40. The van der Waals surface area contributed by atoms with Gasteiger partial charge in [-0.25, -0.2) is 0 Å². The van der Waals surface area contributed by atoms with Gasteiger partial charge in [0.15, 0.2) is 5.78 Å². The van der Waals surface area contributed by atoms with Gasteiger partial charge in [0.2, 0.25) is 0 Å². The summed E-state index contributed by atoms with van der Waals surface area (Å²) in [7, 11) is 0. The quantitative estimate of drug-likeness (QED) is 0.578. The molecule has 2 aliphatic heterocycles. The summed E-state index contributed by atoms with van der Waals surface area (Å²) in [5, 5.41) is 0. The average Bonchev–Trinajstić information content (AvgIpc) is 3.36. The van der Waals surface area contributed by atoms with Crippen molar-refractivity contribution in [2.45, 2.75) is 97.1 Å². The smallest absolute Gasteiger partial charge is 0.302 e. The van der Waals surface area contributed by atoms with Gasteiger partial charge in [0, 0.05) is 30.2 Å². The summed E-state index contributed by atoms with van der Waals surface area (Å²) in [6, 6.07) is 0.184. The van der Waals surface area contributed by atoms with Gasteiger partial charge < -0.3 is 9.64 Å². The molecule has 3 saturated carbocycles. The monoisotopic (exact) mass is 411 g/mol. The lowest BCUT2D eigenvalue weighted by Gasteiger charge is -2.60. The lowest BCUT2D eigenvalue weighted by Crippen LogP contribution is -2.54. The first-order chi connectivity index (χ1) is 14.3. The van der Waals surface area contributed by atoms with Gasteiger partial charge >= 0.3 is 5.97 Å². The van der Waals surface area contributed by atoms with E-state index in [9.17, 15) is 9.59 Å². The Morgan fingerprint density at radius 3 is 2.63 bits per heavy atom. The van der Waals surface area contributed by atoms with E-state index in [-0.39, 0.29) is 28.9 Å². The summed E-state index contributed by atoms with van der Waals surface area (Å²) in [6.45, 7) is 7.60. The third-order valence-corrected chi connectivity index (χ3v) is 10.8. The summed E-state index contributed by atoms with van der Waals surface area (Å²) in [5.74, 6) is 3.23. The number of allylic oxidation sites excluding steroid dienone is 1. The van der Waals surface area contributed by atoms with Crippen LogP contribution in [0.15, 0.2) is 11.3 Å². The zero-order valence-electron chi connectivity index (χ0n) is 18.9. The number of hydrogen-bond acceptors (Lipinski definition) is 4. The van der Waals surface area contributed by atoms with Gasteiger partial charge in [0.1, 0.15) is 6.10 Å². The van der Waals surface area contributed by atoms with Gasteiger partial charge in [0.25, 0.3) is 0 Å². The van der Waals surface area contributed by atoms with E-state index < -0.39 is 0 Å². The minimum absolute atomic E-state index is 0.107. The predicted molar refractivity (Wildman–Crippen MR) is 114 cm³/mol. The van der Waals surface area contributed by atoms with E-state index in [4.69, 9.17) is 4.74 Å². The number of carbonyl (C=O) groups excluding carboxylic acids is 2. The van der Waals surface area contributed by atoms with Crippen molar-refractivity contribution in [2.24, 2.45) is 34.5 Å². The molecule has 0 aromatic heterocycles. The summed E-state index contributed by atoms with van der Waals surface area (Å²) in [4.78, 5) is 27.4. The van der Waals surface area contributed by atoms with E-state index in [1.165, 1.54) is 49.8 Å². The number of Topliss-reactive ketones (excluding diaryl/α,β-unsaturated/α-hetero) is 1. The van der Waals surface area contributed by atoms with Crippen molar-refractivity contribution in [1.29, 1.82) is 0 Å². The molecule has 164 valence electrons. The van der Waals surface area contributed by atoms with E-state index in [1.807, 2.05) is 0 Å². The van der Waals surface area contributed by atoms with Crippen molar-refractivity contribution < 1.29 is 14.3 Å². The predicted octanol–water partition coefficient (Wildman–Crippen LogP) is 4.87. The van der Waals surface area contributed by atoms with Crippen LogP contribution in [0.1, 0.15) is 85.0 Å². The molecule has 0 spiro atoms. The largest absolute Gasteiger partial charge is 0.462 e. The Bertz CT molecular complexity index is 832. The first-order valence-electron chi connectivity index (χ1n) is 12.5. The fraction of sp³-hybridized carbons (Fsp3) is 0.846. The van der Waals surface area contributed by atoms with Crippen LogP contribution in [0.4, 0.5) is 0 Å². The summed E-state index contributed by atoms with van der Waals surface area (Å²) in [5.41, 5.74) is 3.09. The molecule has 6 aliphatic rings. The van der Waals surface area contributed by atoms with Gasteiger partial charge in [-0.05, 0) is 93.3 Å². The molecule has 4 nitrogen and oxygen atoms in total. The standard InChI is InChI=1S/C26H37NO3/c1-15(28)30-23-9-8-19-17-7-6-16-13-22-18(24(29)21-5-4-12-27(21)22)14-26(16,3)20(17)10-11-25(19,23)2/h16-17,19-21,23H,4-14H2,1-3H3/t16-,17-,19-,20-,21?,23-,25-,26-/m0/s1. The molecule has 0 amide bonds. The Morgan fingerprint density at radius 1 is 1.03 bits per heavy atom. The molecule has 6 rings (SSSR count). The second-order valence-electron chi connectivity index (χ2n) is 11.9. The molecule has 0 N–H and O–H groups in total. The topological polar surface area (TPSA) is 46.6 Å². The number of ketones is 1. The molecule has 0 radical (unpaired) electrons. The van der Waals surface area contributed by atoms with Gasteiger partial charge in [-0.3, -0.25) is 9.59 Å². The second-order valence-corrected chi connectivity index (χ2v) is 11.9. The zero-order valence-corrected chi connectivity index (χ0v) is 18.9. The van der Waals surface area contributed by atoms with Crippen LogP contribution in [0.2, 0.25) is 0 Å². The first-order valence-corrected chi connectivity index (χ1v) is 12.5. The van der Waals surface area contributed by atoms with Crippen molar-refractivity contribution in [3.05, 3.63) is 11.3 Å². The third-order valence-electron chi connectivity index (χ3n) is 10.8. The van der Waals surface area contributed by atoms with Crippen LogP contribution < -0.4 is 0 Å². The van der Waals surface area contributed by atoms with Gasteiger partial charge in [-0.2, -0.15) is 0 Å². The number of esters is 1. The minimum Gasteiger partial charge on any atom is -0.462 e. The highest BCUT2D eigenvalue weighted by molar-refractivity contribution is 6.03. The number of rotatable bonds is 1. The maximum atomic E-state index is 13.2. The van der Waals surface area contributed by atoms with Crippen LogP contribution in [0.3, 0.4) is 0 Å². The summed E-state index contributed by atoms with van der Waals surface area (Å²) in [6.07, 6.45) is 11.8. The second kappa shape index (κ2) is 6.36. The molecular weight excluding hydrogens is 374 g/mol. The molecule has 1 unspecified atom stereocenters. The fourth-order valence-electron chi connectivity index (χ4n) is 9.41. The molecule has 0 aromatic rings. The van der Waals surface area contributed by atoms with Gasteiger partial charge in [0.05, 0.1) is 6.04 Å². The van der Waals surface area contributed by atoms with Crippen LogP contribution in [0.25, 0.3) is 0 Å².